The Hall–Kier alpha value is -2.05. The summed E-state index contributed by atoms with van der Waals surface area (Å²) < 4.78 is 5.89. The number of furan rings is 1. The fourth-order valence-corrected chi connectivity index (χ4v) is 2.14. The topological polar surface area (TPSA) is 84.0 Å². The van der Waals surface area contributed by atoms with Crippen LogP contribution in [0.15, 0.2) is 39.9 Å². The molecule has 0 radical (unpaired) electrons. The van der Waals surface area contributed by atoms with E-state index in [1.54, 1.807) is 0 Å². The SMILES string of the molecule is CN(C)CCC(c1cc2ccccc2o1)N(N)/C=N\N. The molecule has 1 aromatic heterocycles. The van der Waals surface area contributed by atoms with E-state index in [2.05, 4.69) is 10.0 Å². The smallest absolute Gasteiger partial charge is 0.134 e. The maximum Gasteiger partial charge on any atom is 0.134 e. The Morgan fingerprint density at radius 1 is 1.35 bits per heavy atom. The first-order valence-electron chi connectivity index (χ1n) is 6.51. The van der Waals surface area contributed by atoms with Crippen LogP contribution >= 0.6 is 0 Å². The summed E-state index contributed by atoms with van der Waals surface area (Å²) in [4.78, 5) is 2.10. The quantitative estimate of drug-likeness (QED) is 0.361. The number of hydrazine groups is 1. The summed E-state index contributed by atoms with van der Waals surface area (Å²) in [6.07, 6.45) is 2.23. The zero-order valence-electron chi connectivity index (χ0n) is 11.9. The lowest BCUT2D eigenvalue weighted by atomic mass is 10.1. The molecule has 0 aliphatic heterocycles. The highest BCUT2D eigenvalue weighted by Crippen LogP contribution is 2.28. The molecule has 0 amide bonds. The van der Waals surface area contributed by atoms with Crippen molar-refractivity contribution >= 4 is 17.3 Å². The Labute approximate surface area is 118 Å². The number of benzene rings is 1. The number of hydrogen-bond donors (Lipinski definition) is 2. The average Bonchev–Trinajstić information content (AvgIpc) is 2.82. The molecule has 0 bridgehead atoms. The molecule has 0 aliphatic rings. The van der Waals surface area contributed by atoms with Crippen molar-refractivity contribution in [1.29, 1.82) is 0 Å². The minimum atomic E-state index is -0.0999. The highest BCUT2D eigenvalue weighted by atomic mass is 16.3. The molecule has 0 aliphatic carbocycles. The lowest BCUT2D eigenvalue weighted by Crippen LogP contribution is -2.35. The third kappa shape index (κ3) is 3.28. The van der Waals surface area contributed by atoms with Crippen LogP contribution in [0.3, 0.4) is 0 Å². The Balaban J connectivity index is 2.28. The number of fused-ring (bicyclic) bond motifs is 1. The van der Waals surface area contributed by atoms with E-state index in [-0.39, 0.29) is 6.04 Å². The second kappa shape index (κ2) is 6.40. The molecule has 6 heteroatoms. The number of nitrogens with zero attached hydrogens (tertiary/aromatic N) is 3. The molecule has 0 saturated heterocycles. The van der Waals surface area contributed by atoms with Crippen LogP contribution < -0.4 is 11.7 Å². The van der Waals surface area contributed by atoms with E-state index in [0.29, 0.717) is 0 Å². The molecule has 6 nitrogen and oxygen atoms in total. The van der Waals surface area contributed by atoms with E-state index in [1.165, 1.54) is 11.3 Å². The summed E-state index contributed by atoms with van der Waals surface area (Å²) in [5.41, 5.74) is 0.857. The van der Waals surface area contributed by atoms with E-state index in [1.807, 2.05) is 44.4 Å². The fraction of sp³-hybridized carbons (Fsp3) is 0.357. The van der Waals surface area contributed by atoms with Crippen LogP contribution in [0.1, 0.15) is 18.2 Å². The van der Waals surface area contributed by atoms with Crippen LogP contribution in [0.25, 0.3) is 11.0 Å². The summed E-state index contributed by atoms with van der Waals surface area (Å²) in [5, 5.41) is 6.04. The molecule has 2 rings (SSSR count). The molecule has 0 saturated carbocycles. The van der Waals surface area contributed by atoms with Crippen molar-refractivity contribution in [2.75, 3.05) is 20.6 Å². The van der Waals surface area contributed by atoms with Gasteiger partial charge >= 0.3 is 0 Å². The molecular formula is C14H21N5O. The average molecular weight is 275 g/mol. The Morgan fingerprint density at radius 3 is 2.75 bits per heavy atom. The van der Waals surface area contributed by atoms with Gasteiger partial charge in [-0.3, -0.25) is 5.01 Å². The van der Waals surface area contributed by atoms with Crippen molar-refractivity contribution in [3.05, 3.63) is 36.1 Å². The van der Waals surface area contributed by atoms with Gasteiger partial charge in [-0.25, -0.2) is 5.84 Å². The molecule has 20 heavy (non-hydrogen) atoms. The third-order valence-corrected chi connectivity index (χ3v) is 3.18. The largest absolute Gasteiger partial charge is 0.459 e. The van der Waals surface area contributed by atoms with Gasteiger partial charge in [0.15, 0.2) is 0 Å². The lowest BCUT2D eigenvalue weighted by Gasteiger charge is -2.24. The number of rotatable bonds is 6. The van der Waals surface area contributed by atoms with Crippen LogP contribution in [-0.2, 0) is 0 Å². The van der Waals surface area contributed by atoms with Crippen molar-refractivity contribution < 1.29 is 4.42 Å². The Bertz CT molecular complexity index is 545. The van der Waals surface area contributed by atoms with Gasteiger partial charge in [-0.15, -0.1) is 0 Å². The van der Waals surface area contributed by atoms with Crippen molar-refractivity contribution in [1.82, 2.24) is 9.91 Å². The highest BCUT2D eigenvalue weighted by Gasteiger charge is 2.20. The summed E-state index contributed by atoms with van der Waals surface area (Å²) in [6, 6.07) is 9.81. The van der Waals surface area contributed by atoms with Gasteiger partial charge in [0.2, 0.25) is 0 Å². The zero-order valence-corrected chi connectivity index (χ0v) is 11.9. The summed E-state index contributed by atoms with van der Waals surface area (Å²) in [7, 11) is 4.04. The Morgan fingerprint density at radius 2 is 2.10 bits per heavy atom. The molecule has 108 valence electrons. The van der Waals surface area contributed by atoms with E-state index < -0.39 is 0 Å². The lowest BCUT2D eigenvalue weighted by molar-refractivity contribution is 0.250. The fourth-order valence-electron chi connectivity index (χ4n) is 2.14. The van der Waals surface area contributed by atoms with Gasteiger partial charge in [0.1, 0.15) is 23.7 Å². The van der Waals surface area contributed by atoms with Gasteiger partial charge in [0.05, 0.1) is 0 Å². The molecule has 1 atom stereocenters. The summed E-state index contributed by atoms with van der Waals surface area (Å²) in [5.74, 6) is 12.0. The monoisotopic (exact) mass is 275 g/mol. The van der Waals surface area contributed by atoms with E-state index >= 15 is 0 Å². The zero-order chi connectivity index (χ0) is 14.5. The highest BCUT2D eigenvalue weighted by molar-refractivity contribution is 5.77. The third-order valence-electron chi connectivity index (χ3n) is 3.18. The summed E-state index contributed by atoms with van der Waals surface area (Å²) >= 11 is 0. The standard InChI is InChI=1S/C14H21N5O/c1-18(2)8-7-12(19(16)10-17-15)14-9-11-5-3-4-6-13(11)20-14/h3-6,9-10,12H,7-8,15-16H2,1-2H3/b17-10-. The van der Waals surface area contributed by atoms with Crippen molar-refractivity contribution in [2.24, 2.45) is 16.8 Å². The number of para-hydroxylation sites is 1. The summed E-state index contributed by atoms with van der Waals surface area (Å²) in [6.45, 7) is 0.883. The predicted octanol–water partition coefficient (Wildman–Crippen LogP) is 1.50. The van der Waals surface area contributed by atoms with E-state index in [0.717, 1.165) is 29.7 Å². The molecule has 4 N–H and O–H groups in total. The maximum atomic E-state index is 5.99. The van der Waals surface area contributed by atoms with Gasteiger partial charge in [0, 0.05) is 5.39 Å². The number of hydrazone groups is 1. The van der Waals surface area contributed by atoms with Crippen molar-refractivity contribution in [2.45, 2.75) is 12.5 Å². The minimum absolute atomic E-state index is 0.0999. The molecule has 1 heterocycles. The van der Waals surface area contributed by atoms with Gasteiger partial charge in [0.25, 0.3) is 0 Å². The van der Waals surface area contributed by atoms with Crippen LogP contribution in [0.5, 0.6) is 0 Å². The van der Waals surface area contributed by atoms with Crippen molar-refractivity contribution in [3.63, 3.8) is 0 Å². The molecule has 0 spiro atoms. The molecule has 0 fully saturated rings. The maximum absolute atomic E-state index is 5.99. The number of nitrogens with two attached hydrogens (primary N) is 2. The van der Waals surface area contributed by atoms with Crippen LogP contribution in [0.4, 0.5) is 0 Å². The van der Waals surface area contributed by atoms with Gasteiger partial charge < -0.3 is 15.2 Å². The first-order valence-corrected chi connectivity index (χ1v) is 6.51. The van der Waals surface area contributed by atoms with E-state index in [9.17, 15) is 0 Å². The van der Waals surface area contributed by atoms with E-state index in [4.69, 9.17) is 16.1 Å². The molecule has 2 aromatic rings. The predicted molar refractivity (Wildman–Crippen MR) is 80.8 cm³/mol. The first kappa shape index (κ1) is 14.4. The van der Waals surface area contributed by atoms with Gasteiger partial charge in [-0.1, -0.05) is 18.2 Å². The first-order chi connectivity index (χ1) is 9.61. The Kier molecular flexibility index (Phi) is 4.60. The molecule has 1 aromatic carbocycles. The van der Waals surface area contributed by atoms with Crippen LogP contribution in [-0.4, -0.2) is 36.9 Å². The van der Waals surface area contributed by atoms with Crippen LogP contribution in [0.2, 0.25) is 0 Å². The van der Waals surface area contributed by atoms with Crippen molar-refractivity contribution in [3.8, 4) is 0 Å². The second-order valence-electron chi connectivity index (χ2n) is 5.01. The van der Waals surface area contributed by atoms with Gasteiger partial charge in [-0.05, 0) is 39.2 Å². The number of hydrogen-bond acceptors (Lipinski definition) is 5. The minimum Gasteiger partial charge on any atom is -0.459 e. The second-order valence-corrected chi connectivity index (χ2v) is 5.01. The normalized spacial score (nSPS) is 13.4. The molecule has 1 unspecified atom stereocenters. The van der Waals surface area contributed by atoms with Gasteiger partial charge in [-0.2, -0.15) is 5.10 Å². The van der Waals surface area contributed by atoms with Crippen LogP contribution in [0, 0.1) is 0 Å². The molecular weight excluding hydrogens is 254 g/mol.